The normalized spacial score (nSPS) is 12.8. The molecule has 0 amide bonds. The van der Waals surface area contributed by atoms with Crippen molar-refractivity contribution in [3.63, 3.8) is 0 Å². The van der Waals surface area contributed by atoms with E-state index in [1.54, 1.807) is 0 Å². The summed E-state index contributed by atoms with van der Waals surface area (Å²) in [5.41, 5.74) is 10.8. The van der Waals surface area contributed by atoms with Gasteiger partial charge in [0, 0.05) is 0 Å². The number of benzene rings is 1. The van der Waals surface area contributed by atoms with Crippen molar-refractivity contribution in [1.29, 1.82) is 0 Å². The van der Waals surface area contributed by atoms with Gasteiger partial charge in [0.15, 0.2) is 0 Å². The van der Waals surface area contributed by atoms with E-state index >= 15 is 0 Å². The highest BCUT2D eigenvalue weighted by molar-refractivity contribution is 7.05. The van der Waals surface area contributed by atoms with Crippen LogP contribution in [0.1, 0.15) is 33.3 Å². The molecule has 3 nitrogen and oxygen atoms in total. The van der Waals surface area contributed by atoms with Crippen molar-refractivity contribution in [2.24, 2.45) is 5.73 Å². The molecule has 84 valence electrons. The van der Waals surface area contributed by atoms with Gasteiger partial charge in [-0.25, -0.2) is 0 Å². The molecule has 0 aliphatic carbocycles. The maximum atomic E-state index is 6.21. The lowest BCUT2D eigenvalue weighted by atomic mass is 10.0. The number of nitrogens with zero attached hydrogens (tertiary/aromatic N) is 2. The Hall–Kier alpha value is -1.26. The summed E-state index contributed by atoms with van der Waals surface area (Å²) >= 11 is 1.38. The van der Waals surface area contributed by atoms with E-state index in [2.05, 4.69) is 41.6 Å². The molecule has 2 aromatic rings. The van der Waals surface area contributed by atoms with Gasteiger partial charge in [0.05, 0.1) is 16.6 Å². The molecule has 0 aliphatic heterocycles. The molecule has 16 heavy (non-hydrogen) atoms. The highest BCUT2D eigenvalue weighted by atomic mass is 32.1. The fourth-order valence-corrected chi connectivity index (χ4v) is 2.31. The third-order valence-corrected chi connectivity index (χ3v) is 3.77. The standard InChI is InChI=1S/C12H15N3S/c1-7-4-5-10(6-8(7)2)11(13)12-9(3)14-15-16-12/h4-6,11H,13H2,1-3H3. The summed E-state index contributed by atoms with van der Waals surface area (Å²) in [6, 6.07) is 6.21. The zero-order valence-electron chi connectivity index (χ0n) is 9.69. The van der Waals surface area contributed by atoms with Crippen LogP contribution in [-0.2, 0) is 0 Å². The molecule has 0 spiro atoms. The summed E-state index contributed by atoms with van der Waals surface area (Å²) in [6.07, 6.45) is 0. The van der Waals surface area contributed by atoms with Gasteiger partial charge in [-0.3, -0.25) is 0 Å². The van der Waals surface area contributed by atoms with E-state index in [1.165, 1.54) is 22.7 Å². The Morgan fingerprint density at radius 2 is 1.94 bits per heavy atom. The second kappa shape index (κ2) is 4.31. The maximum Gasteiger partial charge on any atom is 0.0776 e. The smallest absolute Gasteiger partial charge is 0.0776 e. The van der Waals surface area contributed by atoms with Crippen LogP contribution < -0.4 is 5.73 Å². The van der Waals surface area contributed by atoms with E-state index < -0.39 is 0 Å². The van der Waals surface area contributed by atoms with Crippen LogP contribution in [0.15, 0.2) is 18.2 Å². The van der Waals surface area contributed by atoms with Crippen molar-refractivity contribution >= 4 is 11.5 Å². The van der Waals surface area contributed by atoms with Gasteiger partial charge in [-0.05, 0) is 49.0 Å². The summed E-state index contributed by atoms with van der Waals surface area (Å²) in [7, 11) is 0. The van der Waals surface area contributed by atoms with E-state index in [9.17, 15) is 0 Å². The molecular formula is C12H15N3S. The summed E-state index contributed by atoms with van der Waals surface area (Å²) < 4.78 is 3.92. The largest absolute Gasteiger partial charge is 0.320 e. The van der Waals surface area contributed by atoms with Crippen LogP contribution in [0.4, 0.5) is 0 Å². The van der Waals surface area contributed by atoms with Gasteiger partial charge in [-0.1, -0.05) is 22.7 Å². The first-order valence-corrected chi connectivity index (χ1v) is 5.98. The van der Waals surface area contributed by atoms with Gasteiger partial charge >= 0.3 is 0 Å². The third-order valence-electron chi connectivity index (χ3n) is 2.86. The van der Waals surface area contributed by atoms with Crippen molar-refractivity contribution in [3.05, 3.63) is 45.5 Å². The van der Waals surface area contributed by atoms with Crippen LogP contribution in [0.2, 0.25) is 0 Å². The first-order valence-electron chi connectivity index (χ1n) is 5.21. The molecule has 1 heterocycles. The zero-order chi connectivity index (χ0) is 11.7. The third kappa shape index (κ3) is 1.99. The SMILES string of the molecule is Cc1ccc(C(N)c2snnc2C)cc1C. The molecule has 0 bridgehead atoms. The van der Waals surface area contributed by atoms with Gasteiger partial charge < -0.3 is 5.73 Å². The van der Waals surface area contributed by atoms with E-state index in [4.69, 9.17) is 5.73 Å². The minimum atomic E-state index is -0.112. The van der Waals surface area contributed by atoms with E-state index in [1.807, 2.05) is 6.92 Å². The molecule has 4 heteroatoms. The Morgan fingerprint density at radius 3 is 2.50 bits per heavy atom. The molecule has 1 atom stereocenters. The van der Waals surface area contributed by atoms with Gasteiger partial charge in [0.25, 0.3) is 0 Å². The lowest BCUT2D eigenvalue weighted by Gasteiger charge is -2.12. The number of aromatic nitrogens is 2. The van der Waals surface area contributed by atoms with Crippen molar-refractivity contribution in [1.82, 2.24) is 9.59 Å². The minimum Gasteiger partial charge on any atom is -0.320 e. The lowest BCUT2D eigenvalue weighted by molar-refractivity contribution is 0.871. The van der Waals surface area contributed by atoms with Gasteiger partial charge in [-0.2, -0.15) is 0 Å². The Morgan fingerprint density at radius 1 is 1.19 bits per heavy atom. The van der Waals surface area contributed by atoms with Crippen molar-refractivity contribution < 1.29 is 0 Å². The van der Waals surface area contributed by atoms with Gasteiger partial charge in [0.1, 0.15) is 0 Å². The molecule has 2 N–H and O–H groups in total. The highest BCUT2D eigenvalue weighted by Crippen LogP contribution is 2.25. The summed E-state index contributed by atoms with van der Waals surface area (Å²) in [6.45, 7) is 6.15. The molecule has 0 saturated carbocycles. The van der Waals surface area contributed by atoms with E-state index in [0.29, 0.717) is 0 Å². The topological polar surface area (TPSA) is 51.8 Å². The lowest BCUT2D eigenvalue weighted by Crippen LogP contribution is -2.11. The van der Waals surface area contributed by atoms with E-state index in [-0.39, 0.29) is 6.04 Å². The van der Waals surface area contributed by atoms with Crippen LogP contribution >= 0.6 is 11.5 Å². The molecule has 1 aromatic carbocycles. The fraction of sp³-hybridized carbons (Fsp3) is 0.333. The van der Waals surface area contributed by atoms with Gasteiger partial charge in [0.2, 0.25) is 0 Å². The quantitative estimate of drug-likeness (QED) is 0.867. The summed E-state index contributed by atoms with van der Waals surface area (Å²) in [5, 5.41) is 3.99. The first-order chi connectivity index (χ1) is 7.59. The Kier molecular flexibility index (Phi) is 3.03. The molecule has 0 fully saturated rings. The van der Waals surface area contributed by atoms with Crippen LogP contribution in [0, 0.1) is 20.8 Å². The summed E-state index contributed by atoms with van der Waals surface area (Å²) in [5.74, 6) is 0. The zero-order valence-corrected chi connectivity index (χ0v) is 10.5. The average molecular weight is 233 g/mol. The van der Waals surface area contributed by atoms with Crippen molar-refractivity contribution in [2.75, 3.05) is 0 Å². The number of hydrogen-bond acceptors (Lipinski definition) is 4. The fourth-order valence-electron chi connectivity index (χ4n) is 1.63. The molecule has 0 aliphatic rings. The molecule has 2 rings (SSSR count). The monoisotopic (exact) mass is 233 g/mol. The molecular weight excluding hydrogens is 218 g/mol. The van der Waals surface area contributed by atoms with Crippen molar-refractivity contribution in [3.8, 4) is 0 Å². The maximum absolute atomic E-state index is 6.21. The second-order valence-corrected chi connectivity index (χ2v) is 4.83. The Labute approximate surface area is 99.5 Å². The second-order valence-electron chi connectivity index (χ2n) is 4.04. The predicted octanol–water partition coefficient (Wildman–Crippen LogP) is 2.51. The molecule has 0 radical (unpaired) electrons. The number of hydrogen-bond donors (Lipinski definition) is 1. The molecule has 0 saturated heterocycles. The van der Waals surface area contributed by atoms with Crippen LogP contribution in [-0.4, -0.2) is 9.59 Å². The van der Waals surface area contributed by atoms with Crippen LogP contribution in [0.5, 0.6) is 0 Å². The Bertz CT molecular complexity index is 505. The van der Waals surface area contributed by atoms with E-state index in [0.717, 1.165) is 16.1 Å². The predicted molar refractivity (Wildman–Crippen MR) is 66.6 cm³/mol. The highest BCUT2D eigenvalue weighted by Gasteiger charge is 2.15. The number of nitrogens with two attached hydrogens (primary N) is 1. The van der Waals surface area contributed by atoms with Crippen molar-refractivity contribution in [2.45, 2.75) is 26.8 Å². The number of rotatable bonds is 2. The van der Waals surface area contributed by atoms with Gasteiger partial charge in [-0.15, -0.1) is 5.10 Å². The number of aryl methyl sites for hydroxylation is 3. The summed E-state index contributed by atoms with van der Waals surface area (Å²) in [4.78, 5) is 1.04. The van der Waals surface area contributed by atoms with Crippen LogP contribution in [0.3, 0.4) is 0 Å². The van der Waals surface area contributed by atoms with Crippen LogP contribution in [0.25, 0.3) is 0 Å². The minimum absolute atomic E-state index is 0.112. The average Bonchev–Trinajstić information content (AvgIpc) is 2.67. The Balaban J connectivity index is 2.38. The molecule has 1 unspecified atom stereocenters. The molecule has 1 aromatic heterocycles. The first kappa shape index (κ1) is 11.2.